The molecule has 0 spiro atoms. The number of rotatable bonds is 0. The van der Waals surface area contributed by atoms with Crippen molar-refractivity contribution in [1.29, 1.82) is 0 Å². The Bertz CT molecular complexity index is 115. The molecule has 6 nitrogen and oxygen atoms in total. The lowest BCUT2D eigenvalue weighted by Gasteiger charge is -1.82. The molecular weight excluding hydrogens is 149 g/mol. The van der Waals surface area contributed by atoms with Gasteiger partial charge in [0, 0.05) is 6.92 Å². The minimum atomic E-state index is -4.64. The standard InChI is InChI=1S/C2H5NO.H3O4P/c1-2(3)4;1-5(2,3)4/h1H3,(H2,3,4);(H3,1,2,3,4). The van der Waals surface area contributed by atoms with E-state index in [0.717, 1.165) is 0 Å². The fourth-order valence-corrected chi connectivity index (χ4v) is 0. The van der Waals surface area contributed by atoms with Gasteiger partial charge < -0.3 is 20.4 Å². The molecule has 0 unspecified atom stereocenters. The Labute approximate surface area is 51.5 Å². The lowest BCUT2D eigenvalue weighted by molar-refractivity contribution is -0.115. The summed E-state index contributed by atoms with van der Waals surface area (Å²) in [6.07, 6.45) is 0. The Balaban J connectivity index is 0. The van der Waals surface area contributed by atoms with Crippen molar-refractivity contribution >= 4 is 13.7 Å². The monoisotopic (exact) mass is 157 g/mol. The van der Waals surface area contributed by atoms with E-state index in [1.54, 1.807) is 0 Å². The summed E-state index contributed by atoms with van der Waals surface area (Å²) in [4.78, 5) is 30.8. The fraction of sp³-hybridized carbons (Fsp3) is 0.500. The van der Waals surface area contributed by atoms with Gasteiger partial charge in [0.2, 0.25) is 5.91 Å². The van der Waals surface area contributed by atoms with Gasteiger partial charge in [0.15, 0.2) is 0 Å². The number of nitrogens with two attached hydrogens (primary N) is 1. The summed E-state index contributed by atoms with van der Waals surface area (Å²) >= 11 is 0. The van der Waals surface area contributed by atoms with Crippen LogP contribution >= 0.6 is 7.82 Å². The van der Waals surface area contributed by atoms with E-state index in [4.69, 9.17) is 19.2 Å². The van der Waals surface area contributed by atoms with Crippen LogP contribution in [0.5, 0.6) is 0 Å². The molecule has 0 aromatic heterocycles. The van der Waals surface area contributed by atoms with Crippen molar-refractivity contribution in [2.24, 2.45) is 5.73 Å². The maximum absolute atomic E-state index is 9.22. The molecule has 0 aromatic rings. The van der Waals surface area contributed by atoms with Crippen LogP contribution in [0, 0.1) is 0 Å². The van der Waals surface area contributed by atoms with Gasteiger partial charge in [0.25, 0.3) is 0 Å². The molecule has 0 aromatic carbocycles. The molecule has 0 aliphatic carbocycles. The normalized spacial score (nSPS) is 9.33. The van der Waals surface area contributed by atoms with E-state index in [-0.39, 0.29) is 5.91 Å². The minimum Gasteiger partial charge on any atom is -0.370 e. The van der Waals surface area contributed by atoms with Crippen molar-refractivity contribution in [3.8, 4) is 0 Å². The van der Waals surface area contributed by atoms with Gasteiger partial charge in [0.1, 0.15) is 0 Å². The second kappa shape index (κ2) is 4.46. The van der Waals surface area contributed by atoms with Crippen LogP contribution in [0.4, 0.5) is 0 Å². The van der Waals surface area contributed by atoms with E-state index in [9.17, 15) is 4.79 Å². The first-order chi connectivity index (χ1) is 3.73. The lowest BCUT2D eigenvalue weighted by Crippen LogP contribution is -2.01. The molecule has 7 heteroatoms. The molecule has 0 aliphatic heterocycles. The Morgan fingerprint density at radius 3 is 1.44 bits per heavy atom. The zero-order valence-electron chi connectivity index (χ0n) is 4.68. The van der Waals surface area contributed by atoms with Crippen molar-refractivity contribution in [3.63, 3.8) is 0 Å². The highest BCUT2D eigenvalue weighted by Crippen LogP contribution is 2.25. The first-order valence-electron chi connectivity index (χ1n) is 1.78. The van der Waals surface area contributed by atoms with Crippen LogP contribution in [0.3, 0.4) is 0 Å². The van der Waals surface area contributed by atoms with E-state index < -0.39 is 7.82 Å². The predicted octanol–water partition coefficient (Wildman–Crippen LogP) is -1.44. The largest absolute Gasteiger partial charge is 0.466 e. The summed E-state index contributed by atoms with van der Waals surface area (Å²) in [7, 11) is -4.64. The number of carbonyl (C=O) groups is 1. The van der Waals surface area contributed by atoms with Gasteiger partial charge in [0.05, 0.1) is 0 Å². The van der Waals surface area contributed by atoms with Crippen molar-refractivity contribution in [2.45, 2.75) is 6.92 Å². The highest BCUT2D eigenvalue weighted by Gasteiger charge is 2.00. The molecule has 56 valence electrons. The van der Waals surface area contributed by atoms with Crippen LogP contribution in [0.2, 0.25) is 0 Å². The highest BCUT2D eigenvalue weighted by molar-refractivity contribution is 7.45. The molecule has 0 aliphatic rings. The smallest absolute Gasteiger partial charge is 0.370 e. The third-order valence-corrected chi connectivity index (χ3v) is 0. The molecule has 9 heavy (non-hydrogen) atoms. The Kier molecular flexibility index (Phi) is 5.64. The number of carbonyl (C=O) groups excluding carboxylic acids is 1. The minimum absolute atomic E-state index is 0.333. The molecule has 5 N–H and O–H groups in total. The molecule has 0 fully saturated rings. The maximum atomic E-state index is 9.22. The van der Waals surface area contributed by atoms with Crippen LogP contribution < -0.4 is 5.73 Å². The second-order valence-corrected chi connectivity index (χ2v) is 2.15. The second-order valence-electron chi connectivity index (χ2n) is 1.12. The van der Waals surface area contributed by atoms with Crippen molar-refractivity contribution in [2.75, 3.05) is 0 Å². The van der Waals surface area contributed by atoms with Crippen LogP contribution in [0.25, 0.3) is 0 Å². The van der Waals surface area contributed by atoms with Crippen LogP contribution in [-0.4, -0.2) is 20.6 Å². The van der Waals surface area contributed by atoms with E-state index in [0.29, 0.717) is 0 Å². The number of primary amides is 1. The number of hydrogen-bond acceptors (Lipinski definition) is 2. The molecule has 0 atom stereocenters. The summed E-state index contributed by atoms with van der Waals surface area (Å²) in [5.41, 5.74) is 4.47. The summed E-state index contributed by atoms with van der Waals surface area (Å²) in [5.74, 6) is -0.333. The van der Waals surface area contributed by atoms with Gasteiger partial charge in [-0.1, -0.05) is 0 Å². The number of phosphoric acid groups is 1. The quantitative estimate of drug-likeness (QED) is 0.321. The first kappa shape index (κ1) is 11.4. The molecule has 1 amide bonds. The maximum Gasteiger partial charge on any atom is 0.466 e. The van der Waals surface area contributed by atoms with Gasteiger partial charge in [-0.25, -0.2) is 4.57 Å². The molecule has 0 radical (unpaired) electrons. The predicted molar refractivity (Wildman–Crippen MR) is 29.1 cm³/mol. The fourth-order valence-electron chi connectivity index (χ4n) is 0. The topological polar surface area (TPSA) is 121 Å². The van der Waals surface area contributed by atoms with Gasteiger partial charge in [-0.3, -0.25) is 4.79 Å². The van der Waals surface area contributed by atoms with Gasteiger partial charge in [-0.05, 0) is 0 Å². The van der Waals surface area contributed by atoms with E-state index in [1.165, 1.54) is 6.92 Å². The Hall–Kier alpha value is -0.420. The molecule has 0 heterocycles. The van der Waals surface area contributed by atoms with Crippen molar-refractivity contribution < 1.29 is 24.0 Å². The van der Waals surface area contributed by atoms with Crippen LogP contribution in [0.15, 0.2) is 0 Å². The number of amides is 1. The lowest BCUT2D eigenvalue weighted by atomic mass is 10.8. The van der Waals surface area contributed by atoms with Gasteiger partial charge in [-0.2, -0.15) is 0 Å². The number of hydrogen-bond donors (Lipinski definition) is 4. The summed E-state index contributed by atoms with van der Waals surface area (Å²) < 4.78 is 8.88. The highest BCUT2D eigenvalue weighted by atomic mass is 31.2. The third kappa shape index (κ3) is 1340. The van der Waals surface area contributed by atoms with E-state index in [2.05, 4.69) is 5.73 Å². The summed E-state index contributed by atoms with van der Waals surface area (Å²) in [6.45, 7) is 1.31. The summed E-state index contributed by atoms with van der Waals surface area (Å²) in [6, 6.07) is 0. The molecule has 0 saturated heterocycles. The van der Waals surface area contributed by atoms with Gasteiger partial charge in [-0.15, -0.1) is 0 Å². The van der Waals surface area contributed by atoms with Crippen molar-refractivity contribution in [1.82, 2.24) is 0 Å². The first-order valence-corrected chi connectivity index (χ1v) is 3.34. The third-order valence-electron chi connectivity index (χ3n) is 0. The average Bonchev–Trinajstić information content (AvgIpc) is 1.19. The van der Waals surface area contributed by atoms with E-state index in [1.807, 2.05) is 0 Å². The molecule has 0 rings (SSSR count). The zero-order chi connectivity index (χ0) is 8.08. The average molecular weight is 157 g/mol. The summed E-state index contributed by atoms with van der Waals surface area (Å²) in [5, 5.41) is 0. The Morgan fingerprint density at radius 2 is 1.44 bits per heavy atom. The Morgan fingerprint density at radius 1 is 1.44 bits per heavy atom. The SMILES string of the molecule is CC(N)=O.O=P(O)(O)O. The van der Waals surface area contributed by atoms with E-state index >= 15 is 0 Å². The molecular formula is C2H8NO5P. The van der Waals surface area contributed by atoms with Crippen molar-refractivity contribution in [3.05, 3.63) is 0 Å². The van der Waals surface area contributed by atoms with Gasteiger partial charge >= 0.3 is 7.82 Å². The molecule has 0 saturated carbocycles. The molecule has 0 bridgehead atoms. The van der Waals surface area contributed by atoms with Crippen LogP contribution in [0.1, 0.15) is 6.92 Å². The van der Waals surface area contributed by atoms with Crippen LogP contribution in [-0.2, 0) is 9.36 Å². The zero-order valence-corrected chi connectivity index (χ0v) is 5.58.